The normalized spacial score (nSPS) is 12.4. The fourth-order valence-corrected chi connectivity index (χ4v) is 2.20. The van der Waals surface area contributed by atoms with E-state index in [1.807, 2.05) is 0 Å². The summed E-state index contributed by atoms with van der Waals surface area (Å²) < 4.78 is 10.3. The summed E-state index contributed by atoms with van der Waals surface area (Å²) in [5.41, 5.74) is 0. The van der Waals surface area contributed by atoms with Gasteiger partial charge in [0.1, 0.15) is 0 Å². The lowest BCUT2D eigenvalue weighted by atomic mass is 10.1. The Hall–Kier alpha value is -0.140. The van der Waals surface area contributed by atoms with Crippen LogP contribution >= 0.6 is 9.47 Å². The summed E-state index contributed by atoms with van der Waals surface area (Å²) in [5, 5.41) is 0. The number of carbonyl (C=O) groups is 1. The first-order valence-electron chi connectivity index (χ1n) is 7.78. The van der Waals surface area contributed by atoms with Crippen LogP contribution in [0.2, 0.25) is 0 Å². The van der Waals surface area contributed by atoms with Gasteiger partial charge in [0.2, 0.25) is 0 Å². The second-order valence-electron chi connectivity index (χ2n) is 5.06. The maximum Gasteiger partial charge on any atom is 0.335 e. The van der Waals surface area contributed by atoms with Gasteiger partial charge in [0.25, 0.3) is 0 Å². The van der Waals surface area contributed by atoms with Crippen LogP contribution < -0.4 is 0 Å². The van der Waals surface area contributed by atoms with Crippen molar-refractivity contribution >= 4 is 15.4 Å². The van der Waals surface area contributed by atoms with Gasteiger partial charge in [-0.25, -0.2) is 4.79 Å². The van der Waals surface area contributed by atoms with E-state index in [-0.39, 0.29) is 5.97 Å². The highest BCUT2D eigenvalue weighted by Crippen LogP contribution is 2.11. The Morgan fingerprint density at radius 2 is 1.53 bits per heavy atom. The first-order valence-corrected chi connectivity index (χ1v) is 8.25. The number of hydrogen-bond acceptors (Lipinski definition) is 3. The minimum Gasteiger partial charge on any atom is -0.464 e. The highest BCUT2D eigenvalue weighted by atomic mass is 31.0. The smallest absolute Gasteiger partial charge is 0.335 e. The summed E-state index contributed by atoms with van der Waals surface area (Å²) in [6.07, 6.45) is 11.0. The van der Waals surface area contributed by atoms with E-state index in [0.717, 1.165) is 32.1 Å². The standard InChI is InChI=1S/C15H31O3P/c1-3-5-7-8-9-10-11-13-17-15(16)14(18-19)12-6-4-2/h14H,3-13,19H2,1-2H3. The molecule has 0 fully saturated rings. The van der Waals surface area contributed by atoms with Crippen molar-refractivity contribution in [1.29, 1.82) is 0 Å². The molecule has 0 N–H and O–H groups in total. The molecule has 0 heterocycles. The summed E-state index contributed by atoms with van der Waals surface area (Å²) in [6.45, 7) is 4.86. The third-order valence-electron chi connectivity index (χ3n) is 3.24. The van der Waals surface area contributed by atoms with Crippen molar-refractivity contribution in [2.45, 2.75) is 84.2 Å². The minimum atomic E-state index is -0.408. The second-order valence-corrected chi connectivity index (χ2v) is 5.33. The van der Waals surface area contributed by atoms with Crippen molar-refractivity contribution in [1.82, 2.24) is 0 Å². The van der Waals surface area contributed by atoms with E-state index in [0.29, 0.717) is 6.61 Å². The molecular weight excluding hydrogens is 259 g/mol. The SMILES string of the molecule is CCCCCCCCCOC(=O)C(CCCC)OP. The molecule has 0 aliphatic rings. The monoisotopic (exact) mass is 290 g/mol. The van der Waals surface area contributed by atoms with E-state index in [4.69, 9.17) is 9.26 Å². The fraction of sp³-hybridized carbons (Fsp3) is 0.933. The van der Waals surface area contributed by atoms with E-state index in [9.17, 15) is 4.79 Å². The molecule has 114 valence electrons. The van der Waals surface area contributed by atoms with Gasteiger partial charge in [-0.15, -0.1) is 0 Å². The van der Waals surface area contributed by atoms with Gasteiger partial charge >= 0.3 is 5.97 Å². The van der Waals surface area contributed by atoms with Crippen molar-refractivity contribution in [2.75, 3.05) is 6.61 Å². The van der Waals surface area contributed by atoms with Gasteiger partial charge in [-0.05, 0) is 12.8 Å². The molecule has 3 nitrogen and oxygen atoms in total. The molecule has 0 aromatic carbocycles. The zero-order valence-corrected chi connectivity index (χ0v) is 13.8. The van der Waals surface area contributed by atoms with Gasteiger partial charge in [0.15, 0.2) is 6.10 Å². The summed E-state index contributed by atoms with van der Waals surface area (Å²) >= 11 is 0. The predicted octanol–water partition coefficient (Wildman–Crippen LogP) is 4.65. The van der Waals surface area contributed by atoms with Crippen LogP contribution in [0, 0.1) is 0 Å². The summed E-state index contributed by atoms with van der Waals surface area (Å²) in [7, 11) is 2.17. The van der Waals surface area contributed by atoms with Crippen LogP contribution in [0.25, 0.3) is 0 Å². The quantitative estimate of drug-likeness (QED) is 0.281. The highest BCUT2D eigenvalue weighted by molar-refractivity contribution is 7.09. The molecule has 0 saturated heterocycles. The van der Waals surface area contributed by atoms with Gasteiger partial charge in [-0.2, -0.15) is 0 Å². The number of carbonyl (C=O) groups excluding carboxylic acids is 1. The third kappa shape index (κ3) is 11.4. The zero-order chi connectivity index (χ0) is 14.3. The number of ether oxygens (including phenoxy) is 1. The van der Waals surface area contributed by atoms with Gasteiger partial charge in [0.05, 0.1) is 6.61 Å². The van der Waals surface area contributed by atoms with Gasteiger partial charge < -0.3 is 9.26 Å². The average molecular weight is 290 g/mol. The number of hydrogen-bond donors (Lipinski definition) is 0. The van der Waals surface area contributed by atoms with Crippen LogP contribution in [0.3, 0.4) is 0 Å². The van der Waals surface area contributed by atoms with E-state index in [1.54, 1.807) is 0 Å². The first-order chi connectivity index (χ1) is 9.26. The van der Waals surface area contributed by atoms with Crippen LogP contribution in [0.4, 0.5) is 0 Å². The maximum absolute atomic E-state index is 11.7. The van der Waals surface area contributed by atoms with Crippen molar-refractivity contribution in [3.63, 3.8) is 0 Å². The molecule has 19 heavy (non-hydrogen) atoms. The maximum atomic E-state index is 11.7. The van der Waals surface area contributed by atoms with E-state index >= 15 is 0 Å². The fourth-order valence-electron chi connectivity index (χ4n) is 1.96. The molecule has 2 atom stereocenters. The molecule has 2 unspecified atom stereocenters. The summed E-state index contributed by atoms with van der Waals surface area (Å²) in [4.78, 5) is 11.7. The Kier molecular flexibility index (Phi) is 14.2. The molecule has 0 spiro atoms. The molecular formula is C15H31O3P. The topological polar surface area (TPSA) is 35.5 Å². The highest BCUT2D eigenvalue weighted by Gasteiger charge is 2.18. The first kappa shape index (κ1) is 18.9. The average Bonchev–Trinajstić information content (AvgIpc) is 2.42. The lowest BCUT2D eigenvalue weighted by Gasteiger charge is -2.13. The van der Waals surface area contributed by atoms with E-state index in [2.05, 4.69) is 23.3 Å². The zero-order valence-electron chi connectivity index (χ0n) is 12.7. The Labute approximate surface area is 121 Å². The predicted molar refractivity (Wildman–Crippen MR) is 83.1 cm³/mol. The molecule has 0 saturated carbocycles. The number of rotatable bonds is 13. The van der Waals surface area contributed by atoms with Crippen molar-refractivity contribution in [3.05, 3.63) is 0 Å². The molecule has 0 aliphatic heterocycles. The Morgan fingerprint density at radius 3 is 2.11 bits per heavy atom. The Bertz CT molecular complexity index is 210. The van der Waals surface area contributed by atoms with Crippen molar-refractivity contribution in [2.24, 2.45) is 0 Å². The van der Waals surface area contributed by atoms with E-state index in [1.165, 1.54) is 32.1 Å². The number of esters is 1. The van der Waals surface area contributed by atoms with Gasteiger partial charge in [-0.3, -0.25) is 0 Å². The van der Waals surface area contributed by atoms with Crippen molar-refractivity contribution in [3.8, 4) is 0 Å². The van der Waals surface area contributed by atoms with Crippen LogP contribution in [0.5, 0.6) is 0 Å². The molecule has 0 rings (SSSR count). The lowest BCUT2D eigenvalue weighted by molar-refractivity contribution is -0.151. The summed E-state index contributed by atoms with van der Waals surface area (Å²) in [6, 6.07) is 0. The van der Waals surface area contributed by atoms with Crippen molar-refractivity contribution < 1.29 is 14.1 Å². The molecule has 0 aromatic heterocycles. The lowest BCUT2D eigenvalue weighted by Crippen LogP contribution is -2.24. The minimum absolute atomic E-state index is 0.213. The van der Waals surface area contributed by atoms with E-state index < -0.39 is 6.10 Å². The van der Waals surface area contributed by atoms with Crippen LogP contribution in [-0.2, 0) is 14.1 Å². The van der Waals surface area contributed by atoms with Crippen LogP contribution in [0.1, 0.15) is 78.1 Å². The molecule has 0 amide bonds. The van der Waals surface area contributed by atoms with Gasteiger partial charge in [0, 0.05) is 9.47 Å². The van der Waals surface area contributed by atoms with Crippen LogP contribution in [-0.4, -0.2) is 18.7 Å². The molecule has 0 radical (unpaired) electrons. The largest absolute Gasteiger partial charge is 0.464 e. The molecule has 0 aliphatic carbocycles. The Morgan fingerprint density at radius 1 is 0.947 bits per heavy atom. The molecule has 0 aromatic rings. The van der Waals surface area contributed by atoms with Gasteiger partial charge in [-0.1, -0.05) is 65.2 Å². The summed E-state index contributed by atoms with van der Waals surface area (Å²) in [5.74, 6) is -0.213. The number of unbranched alkanes of at least 4 members (excludes halogenated alkanes) is 7. The Balaban J connectivity index is 3.45. The second kappa shape index (κ2) is 14.3. The molecule has 4 heteroatoms. The third-order valence-corrected chi connectivity index (χ3v) is 3.57. The van der Waals surface area contributed by atoms with Crippen LogP contribution in [0.15, 0.2) is 0 Å². The molecule has 0 bridgehead atoms.